The standard InChI is InChI=1S/C21H11F2N5OS/c22-17-7-16(14-3-1-2-12(8-24)20(14)30)19(28-29)18(23)15(17)5-4-11-6-13(9-25)21(26)27-10-11/h1-3,6-7,9-10,25,30H,(H2,26,27). The molecule has 0 aliphatic heterocycles. The monoisotopic (exact) mass is 419 g/mol. The molecule has 0 radical (unpaired) electrons. The van der Waals surface area contributed by atoms with Crippen LogP contribution in [-0.4, -0.2) is 11.2 Å². The SMILES string of the molecule is N#Cc1cccc(-c2cc(F)c(C#Cc3cnc(N)c(C=N)c3)c(F)c2N=O)c1S. The van der Waals surface area contributed by atoms with Crippen LogP contribution in [0.15, 0.2) is 46.6 Å². The van der Waals surface area contributed by atoms with Crippen molar-refractivity contribution in [2.75, 3.05) is 5.73 Å². The molecule has 0 saturated heterocycles. The summed E-state index contributed by atoms with van der Waals surface area (Å²) in [5, 5.41) is 19.1. The molecule has 0 unspecified atom stereocenters. The van der Waals surface area contributed by atoms with E-state index in [9.17, 15) is 13.7 Å². The van der Waals surface area contributed by atoms with Crippen molar-refractivity contribution in [2.45, 2.75) is 4.90 Å². The number of nitrogen functional groups attached to an aromatic ring is 1. The summed E-state index contributed by atoms with van der Waals surface area (Å²) < 4.78 is 29.6. The fourth-order valence-electron chi connectivity index (χ4n) is 2.68. The summed E-state index contributed by atoms with van der Waals surface area (Å²) in [6.45, 7) is 0. The zero-order chi connectivity index (χ0) is 21.8. The number of anilines is 1. The van der Waals surface area contributed by atoms with Gasteiger partial charge in [0, 0.05) is 34.0 Å². The van der Waals surface area contributed by atoms with Crippen LogP contribution in [0.4, 0.5) is 20.3 Å². The lowest BCUT2D eigenvalue weighted by molar-refractivity contribution is 0.579. The molecule has 0 atom stereocenters. The molecule has 0 spiro atoms. The van der Waals surface area contributed by atoms with Gasteiger partial charge in [0.2, 0.25) is 0 Å². The summed E-state index contributed by atoms with van der Waals surface area (Å²) in [5.74, 6) is 2.72. The molecule has 9 heteroatoms. The summed E-state index contributed by atoms with van der Waals surface area (Å²) >= 11 is 4.22. The molecule has 0 saturated carbocycles. The Morgan fingerprint density at radius 1 is 1.23 bits per heavy atom. The molecule has 6 nitrogen and oxygen atoms in total. The number of thiol groups is 1. The van der Waals surface area contributed by atoms with Crippen LogP contribution >= 0.6 is 12.6 Å². The predicted octanol–water partition coefficient (Wildman–Crippen LogP) is 4.56. The van der Waals surface area contributed by atoms with Crippen LogP contribution in [0.1, 0.15) is 22.3 Å². The van der Waals surface area contributed by atoms with Crippen molar-refractivity contribution in [3.05, 3.63) is 75.3 Å². The first-order valence-electron chi connectivity index (χ1n) is 8.27. The second-order valence-electron chi connectivity index (χ2n) is 5.94. The summed E-state index contributed by atoms with van der Waals surface area (Å²) in [4.78, 5) is 15.4. The minimum absolute atomic E-state index is 0.117. The number of hydrogen-bond acceptors (Lipinski definition) is 7. The normalized spacial score (nSPS) is 9.93. The summed E-state index contributed by atoms with van der Waals surface area (Å²) in [7, 11) is 0. The van der Waals surface area contributed by atoms with E-state index in [0.29, 0.717) is 5.56 Å². The topological polar surface area (TPSA) is 116 Å². The lowest BCUT2D eigenvalue weighted by atomic mass is 9.98. The number of hydrogen-bond donors (Lipinski definition) is 3. The average molecular weight is 419 g/mol. The molecular formula is C21H11F2N5OS. The van der Waals surface area contributed by atoms with Gasteiger partial charge in [-0.1, -0.05) is 24.0 Å². The number of halogens is 2. The van der Waals surface area contributed by atoms with E-state index in [0.717, 1.165) is 12.3 Å². The Hall–Kier alpha value is -4.08. The number of benzene rings is 2. The Labute approximate surface area is 175 Å². The molecule has 0 aliphatic rings. The van der Waals surface area contributed by atoms with E-state index < -0.39 is 22.9 Å². The Morgan fingerprint density at radius 2 is 2.00 bits per heavy atom. The highest BCUT2D eigenvalue weighted by atomic mass is 32.1. The molecule has 146 valence electrons. The van der Waals surface area contributed by atoms with Gasteiger partial charge < -0.3 is 11.1 Å². The van der Waals surface area contributed by atoms with Gasteiger partial charge in [-0.3, -0.25) is 0 Å². The van der Waals surface area contributed by atoms with Gasteiger partial charge in [-0.15, -0.1) is 17.5 Å². The number of nitrogens with zero attached hydrogens (tertiary/aromatic N) is 3. The molecular weight excluding hydrogens is 408 g/mol. The van der Waals surface area contributed by atoms with E-state index in [4.69, 9.17) is 16.4 Å². The van der Waals surface area contributed by atoms with Crippen molar-refractivity contribution in [3.63, 3.8) is 0 Å². The van der Waals surface area contributed by atoms with Gasteiger partial charge in [0.15, 0.2) is 11.5 Å². The van der Waals surface area contributed by atoms with Crippen LogP contribution in [0.3, 0.4) is 0 Å². The van der Waals surface area contributed by atoms with E-state index in [2.05, 4.69) is 34.6 Å². The first-order valence-corrected chi connectivity index (χ1v) is 8.71. The van der Waals surface area contributed by atoms with Gasteiger partial charge in [-0.05, 0) is 28.9 Å². The maximum absolute atomic E-state index is 14.9. The Kier molecular flexibility index (Phi) is 5.86. The molecule has 0 aliphatic carbocycles. The number of aromatic nitrogens is 1. The van der Waals surface area contributed by atoms with Crippen LogP contribution in [0.5, 0.6) is 0 Å². The minimum atomic E-state index is -1.24. The van der Waals surface area contributed by atoms with Gasteiger partial charge in [0.05, 0.1) is 11.1 Å². The molecule has 1 heterocycles. The quantitative estimate of drug-likeness (QED) is 0.250. The van der Waals surface area contributed by atoms with Crippen LogP contribution in [0.2, 0.25) is 0 Å². The first-order chi connectivity index (χ1) is 14.4. The average Bonchev–Trinajstić information content (AvgIpc) is 2.74. The molecule has 0 amide bonds. The van der Waals surface area contributed by atoms with Gasteiger partial charge in [0.25, 0.3) is 0 Å². The van der Waals surface area contributed by atoms with E-state index in [1.54, 1.807) is 0 Å². The maximum atomic E-state index is 14.9. The second-order valence-corrected chi connectivity index (χ2v) is 6.39. The molecule has 0 bridgehead atoms. The largest absolute Gasteiger partial charge is 0.383 e. The van der Waals surface area contributed by atoms with Crippen molar-refractivity contribution in [1.82, 2.24) is 4.98 Å². The van der Waals surface area contributed by atoms with E-state index in [-0.39, 0.29) is 33.0 Å². The first kappa shape index (κ1) is 20.6. The molecule has 0 fully saturated rings. The van der Waals surface area contributed by atoms with Gasteiger partial charge in [0.1, 0.15) is 17.7 Å². The van der Waals surface area contributed by atoms with Crippen molar-refractivity contribution in [2.24, 2.45) is 5.18 Å². The van der Waals surface area contributed by atoms with Crippen LogP contribution < -0.4 is 5.73 Å². The number of nitroso groups, excluding NO2 is 1. The smallest absolute Gasteiger partial charge is 0.171 e. The third kappa shape index (κ3) is 3.75. The Balaban J connectivity index is 2.17. The number of nitrogens with one attached hydrogen (secondary N) is 1. The number of nitriles is 1. The Morgan fingerprint density at radius 3 is 2.67 bits per heavy atom. The number of rotatable bonds is 3. The van der Waals surface area contributed by atoms with Crippen LogP contribution in [-0.2, 0) is 0 Å². The third-order valence-corrected chi connectivity index (χ3v) is 4.65. The van der Waals surface area contributed by atoms with Crippen molar-refractivity contribution < 1.29 is 8.78 Å². The third-order valence-electron chi connectivity index (χ3n) is 4.17. The fourth-order valence-corrected chi connectivity index (χ4v) is 3.00. The maximum Gasteiger partial charge on any atom is 0.171 e. The number of pyridine rings is 1. The molecule has 3 rings (SSSR count). The van der Waals surface area contributed by atoms with Crippen LogP contribution in [0.25, 0.3) is 11.1 Å². The molecule has 30 heavy (non-hydrogen) atoms. The zero-order valence-electron chi connectivity index (χ0n) is 15.1. The van der Waals surface area contributed by atoms with E-state index in [1.165, 1.54) is 30.5 Å². The fraction of sp³-hybridized carbons (Fsp3) is 0. The van der Waals surface area contributed by atoms with Crippen molar-refractivity contribution >= 4 is 30.3 Å². The Bertz CT molecular complexity index is 1310. The van der Waals surface area contributed by atoms with Gasteiger partial charge in [-0.2, -0.15) is 5.26 Å². The molecule has 3 aromatic rings. The highest BCUT2D eigenvalue weighted by molar-refractivity contribution is 7.80. The van der Waals surface area contributed by atoms with Gasteiger partial charge >= 0.3 is 0 Å². The highest BCUT2D eigenvalue weighted by Crippen LogP contribution is 2.39. The molecule has 2 aromatic carbocycles. The molecule has 3 N–H and O–H groups in total. The van der Waals surface area contributed by atoms with E-state index >= 15 is 0 Å². The lowest BCUT2D eigenvalue weighted by Crippen LogP contribution is -1.97. The molecule has 1 aromatic heterocycles. The summed E-state index contributed by atoms with van der Waals surface area (Å²) in [5.41, 5.74) is 5.07. The lowest BCUT2D eigenvalue weighted by Gasteiger charge is -2.11. The number of nitrogens with two attached hydrogens (primary N) is 1. The zero-order valence-corrected chi connectivity index (χ0v) is 16.0. The predicted molar refractivity (Wildman–Crippen MR) is 112 cm³/mol. The van der Waals surface area contributed by atoms with E-state index in [1.807, 2.05) is 6.07 Å². The summed E-state index contributed by atoms with van der Waals surface area (Å²) in [6.07, 6.45) is 2.27. The summed E-state index contributed by atoms with van der Waals surface area (Å²) in [6, 6.07) is 8.72. The van der Waals surface area contributed by atoms with Crippen molar-refractivity contribution in [3.8, 4) is 29.0 Å². The van der Waals surface area contributed by atoms with Crippen LogP contribution in [0, 0.1) is 45.1 Å². The highest BCUT2D eigenvalue weighted by Gasteiger charge is 2.21. The van der Waals surface area contributed by atoms with Gasteiger partial charge in [-0.25, -0.2) is 13.8 Å². The van der Waals surface area contributed by atoms with Crippen molar-refractivity contribution in [1.29, 1.82) is 10.7 Å². The minimum Gasteiger partial charge on any atom is -0.383 e. The second kappa shape index (κ2) is 8.52.